The minimum Gasteiger partial charge on any atom is -0.463 e. The van der Waals surface area contributed by atoms with Crippen molar-refractivity contribution in [1.29, 1.82) is 0 Å². The Kier molecular flexibility index (Phi) is 13.2. The fourth-order valence-electron chi connectivity index (χ4n) is 1.36. The molecule has 0 unspecified atom stereocenters. The van der Waals surface area contributed by atoms with Crippen molar-refractivity contribution in [2.75, 3.05) is 33.0 Å². The highest BCUT2D eigenvalue weighted by atomic mass is 16.7. The Balaban J connectivity index is 3.60. The standard InChI is InChI=1S/C16H28O9/c1-5-6-7-21-14(17)13(4)25-16(19)23-11-9-20-8-10-22-15(18)24-12(2)3/h12-13H,5-11H2,1-4H3/t13-/m0/s1. The molecule has 0 saturated carbocycles. The van der Waals surface area contributed by atoms with Gasteiger partial charge in [-0.1, -0.05) is 13.3 Å². The van der Waals surface area contributed by atoms with E-state index in [-0.39, 0.29) is 32.5 Å². The maximum atomic E-state index is 11.5. The summed E-state index contributed by atoms with van der Waals surface area (Å²) in [5.41, 5.74) is 0. The molecule has 0 aliphatic carbocycles. The lowest BCUT2D eigenvalue weighted by atomic mass is 10.3. The van der Waals surface area contributed by atoms with Gasteiger partial charge in [-0.15, -0.1) is 0 Å². The average molecular weight is 364 g/mol. The van der Waals surface area contributed by atoms with E-state index in [4.69, 9.17) is 28.4 Å². The number of esters is 1. The van der Waals surface area contributed by atoms with Crippen molar-refractivity contribution in [3.63, 3.8) is 0 Å². The van der Waals surface area contributed by atoms with Crippen LogP contribution in [0.15, 0.2) is 0 Å². The molecule has 0 aliphatic heterocycles. The molecular formula is C16H28O9. The van der Waals surface area contributed by atoms with Crippen LogP contribution in [-0.4, -0.2) is 63.5 Å². The van der Waals surface area contributed by atoms with Crippen LogP contribution in [0, 0.1) is 0 Å². The summed E-state index contributed by atoms with van der Waals surface area (Å²) in [4.78, 5) is 33.9. The molecule has 1 atom stereocenters. The minimum atomic E-state index is -1.04. The molecular weight excluding hydrogens is 336 g/mol. The highest BCUT2D eigenvalue weighted by molar-refractivity contribution is 5.76. The smallest absolute Gasteiger partial charge is 0.463 e. The van der Waals surface area contributed by atoms with Crippen molar-refractivity contribution in [3.8, 4) is 0 Å². The molecule has 0 fully saturated rings. The summed E-state index contributed by atoms with van der Waals surface area (Å²) in [7, 11) is 0. The van der Waals surface area contributed by atoms with Gasteiger partial charge in [0, 0.05) is 0 Å². The minimum absolute atomic E-state index is 0.0244. The monoisotopic (exact) mass is 364 g/mol. The van der Waals surface area contributed by atoms with Gasteiger partial charge in [0.05, 0.1) is 25.9 Å². The third kappa shape index (κ3) is 14.1. The van der Waals surface area contributed by atoms with Gasteiger partial charge in [0.25, 0.3) is 0 Å². The first-order valence-electron chi connectivity index (χ1n) is 8.28. The van der Waals surface area contributed by atoms with Crippen LogP contribution in [-0.2, 0) is 33.2 Å². The van der Waals surface area contributed by atoms with Crippen molar-refractivity contribution < 1.29 is 42.8 Å². The van der Waals surface area contributed by atoms with Crippen LogP contribution in [0.5, 0.6) is 0 Å². The van der Waals surface area contributed by atoms with E-state index in [2.05, 4.69) is 0 Å². The summed E-state index contributed by atoms with van der Waals surface area (Å²) in [6.07, 6.45) is -1.39. The van der Waals surface area contributed by atoms with E-state index < -0.39 is 24.4 Å². The van der Waals surface area contributed by atoms with E-state index in [1.165, 1.54) is 6.92 Å². The van der Waals surface area contributed by atoms with Gasteiger partial charge in [0.2, 0.25) is 0 Å². The summed E-state index contributed by atoms with van der Waals surface area (Å²) in [6.45, 7) is 7.26. The number of carbonyl (C=O) groups excluding carboxylic acids is 3. The lowest BCUT2D eigenvalue weighted by molar-refractivity contribution is -0.154. The zero-order valence-corrected chi connectivity index (χ0v) is 15.3. The van der Waals surface area contributed by atoms with Gasteiger partial charge >= 0.3 is 18.3 Å². The normalized spacial score (nSPS) is 11.6. The number of hydrogen-bond acceptors (Lipinski definition) is 9. The van der Waals surface area contributed by atoms with Crippen LogP contribution in [0.4, 0.5) is 9.59 Å². The zero-order valence-electron chi connectivity index (χ0n) is 15.3. The van der Waals surface area contributed by atoms with Gasteiger partial charge in [-0.05, 0) is 27.2 Å². The summed E-state index contributed by atoms with van der Waals surface area (Å²) in [5.74, 6) is -0.618. The molecule has 0 N–H and O–H groups in total. The average Bonchev–Trinajstić information content (AvgIpc) is 2.53. The lowest BCUT2D eigenvalue weighted by Crippen LogP contribution is -2.27. The largest absolute Gasteiger partial charge is 0.509 e. The quantitative estimate of drug-likeness (QED) is 0.293. The molecule has 0 heterocycles. The van der Waals surface area contributed by atoms with Crippen LogP contribution in [0.3, 0.4) is 0 Å². The molecule has 146 valence electrons. The zero-order chi connectivity index (χ0) is 19.1. The van der Waals surface area contributed by atoms with E-state index in [1.807, 2.05) is 6.92 Å². The first-order chi connectivity index (χ1) is 11.9. The molecule has 0 amide bonds. The molecule has 0 aromatic heterocycles. The second-order valence-corrected chi connectivity index (χ2v) is 5.26. The Morgan fingerprint density at radius 3 is 1.84 bits per heavy atom. The van der Waals surface area contributed by atoms with Crippen LogP contribution in [0.2, 0.25) is 0 Å². The topological polar surface area (TPSA) is 107 Å². The molecule has 0 saturated heterocycles. The third-order valence-electron chi connectivity index (χ3n) is 2.57. The van der Waals surface area contributed by atoms with Crippen LogP contribution in [0.25, 0.3) is 0 Å². The van der Waals surface area contributed by atoms with Crippen LogP contribution >= 0.6 is 0 Å². The fraction of sp³-hybridized carbons (Fsp3) is 0.812. The summed E-state index contributed by atoms with van der Waals surface area (Å²) in [5, 5.41) is 0. The highest BCUT2D eigenvalue weighted by Crippen LogP contribution is 1.99. The first kappa shape index (κ1) is 23.0. The van der Waals surface area contributed by atoms with Crippen molar-refractivity contribution in [2.45, 2.75) is 52.7 Å². The fourth-order valence-corrected chi connectivity index (χ4v) is 1.36. The van der Waals surface area contributed by atoms with E-state index in [0.29, 0.717) is 6.61 Å². The van der Waals surface area contributed by atoms with Gasteiger partial charge in [0.15, 0.2) is 6.10 Å². The van der Waals surface area contributed by atoms with Crippen LogP contribution < -0.4 is 0 Å². The summed E-state index contributed by atoms with van der Waals surface area (Å²) < 4.78 is 29.0. The van der Waals surface area contributed by atoms with Crippen molar-refractivity contribution in [2.24, 2.45) is 0 Å². The van der Waals surface area contributed by atoms with E-state index in [9.17, 15) is 14.4 Å². The third-order valence-corrected chi connectivity index (χ3v) is 2.57. The predicted octanol–water partition coefficient (Wildman–Crippen LogP) is 2.45. The molecule has 0 aromatic carbocycles. The Morgan fingerprint density at radius 2 is 1.32 bits per heavy atom. The Bertz CT molecular complexity index is 395. The van der Waals surface area contributed by atoms with Crippen molar-refractivity contribution in [1.82, 2.24) is 0 Å². The number of carbonyl (C=O) groups is 3. The second kappa shape index (κ2) is 14.3. The highest BCUT2D eigenvalue weighted by Gasteiger charge is 2.19. The van der Waals surface area contributed by atoms with Gasteiger partial charge in [-0.3, -0.25) is 0 Å². The van der Waals surface area contributed by atoms with Gasteiger partial charge in [-0.2, -0.15) is 0 Å². The van der Waals surface area contributed by atoms with Gasteiger partial charge in [-0.25, -0.2) is 14.4 Å². The Hall–Kier alpha value is -2.03. The molecule has 25 heavy (non-hydrogen) atoms. The maximum Gasteiger partial charge on any atom is 0.509 e. The van der Waals surface area contributed by atoms with E-state index in [0.717, 1.165) is 12.8 Å². The SMILES string of the molecule is CCCCOC(=O)[C@H](C)OC(=O)OCCOCCOC(=O)OC(C)C. The molecule has 0 rings (SSSR count). The molecule has 0 radical (unpaired) electrons. The van der Waals surface area contributed by atoms with Crippen molar-refractivity contribution >= 4 is 18.3 Å². The number of unbranched alkanes of at least 4 members (excludes halogenated alkanes) is 1. The van der Waals surface area contributed by atoms with Crippen LogP contribution in [0.1, 0.15) is 40.5 Å². The summed E-state index contributed by atoms with van der Waals surface area (Å²) >= 11 is 0. The lowest BCUT2D eigenvalue weighted by Gasteiger charge is -2.12. The predicted molar refractivity (Wildman–Crippen MR) is 86.2 cm³/mol. The molecule has 0 spiro atoms. The Morgan fingerprint density at radius 1 is 0.760 bits per heavy atom. The molecule has 0 aromatic rings. The molecule has 0 bridgehead atoms. The summed E-state index contributed by atoms with van der Waals surface area (Å²) in [6, 6.07) is 0. The molecule has 0 aliphatic rings. The molecule has 9 heteroatoms. The first-order valence-corrected chi connectivity index (χ1v) is 8.28. The second-order valence-electron chi connectivity index (χ2n) is 5.26. The van der Waals surface area contributed by atoms with Gasteiger partial charge in [0.1, 0.15) is 13.2 Å². The Labute approximate surface area is 147 Å². The number of rotatable bonds is 12. The van der Waals surface area contributed by atoms with E-state index in [1.54, 1.807) is 13.8 Å². The maximum absolute atomic E-state index is 11.5. The van der Waals surface area contributed by atoms with E-state index >= 15 is 0 Å². The number of hydrogen-bond donors (Lipinski definition) is 0. The van der Waals surface area contributed by atoms with Crippen molar-refractivity contribution in [3.05, 3.63) is 0 Å². The number of ether oxygens (including phenoxy) is 6. The van der Waals surface area contributed by atoms with Gasteiger partial charge < -0.3 is 28.4 Å². The molecule has 9 nitrogen and oxygen atoms in total.